The zero-order chi connectivity index (χ0) is 15.1. The summed E-state index contributed by atoms with van der Waals surface area (Å²) >= 11 is 12.2. The lowest BCUT2D eigenvalue weighted by Crippen LogP contribution is -2.34. The summed E-state index contributed by atoms with van der Waals surface area (Å²) in [6.07, 6.45) is 4.70. The first-order valence-corrected chi connectivity index (χ1v) is 8.02. The maximum absolute atomic E-state index is 6.28. The maximum atomic E-state index is 6.28. The summed E-state index contributed by atoms with van der Waals surface area (Å²) < 4.78 is 0. The van der Waals surface area contributed by atoms with Gasteiger partial charge in [0.25, 0.3) is 0 Å². The van der Waals surface area contributed by atoms with Crippen LogP contribution in [0.25, 0.3) is 0 Å². The summed E-state index contributed by atoms with van der Waals surface area (Å²) in [5.41, 5.74) is 2.21. The van der Waals surface area contributed by atoms with Gasteiger partial charge in [-0.1, -0.05) is 42.3 Å². The fourth-order valence-corrected chi connectivity index (χ4v) is 2.77. The van der Waals surface area contributed by atoms with Crippen molar-refractivity contribution < 1.29 is 0 Å². The summed E-state index contributed by atoms with van der Waals surface area (Å²) in [5.74, 6) is 0. The van der Waals surface area contributed by atoms with Gasteiger partial charge in [0, 0.05) is 34.4 Å². The fourth-order valence-electron chi connectivity index (χ4n) is 2.29. The van der Waals surface area contributed by atoms with Gasteiger partial charge in [0.2, 0.25) is 0 Å². The van der Waals surface area contributed by atoms with Gasteiger partial charge in [0.15, 0.2) is 0 Å². The number of benzene rings is 1. The van der Waals surface area contributed by atoms with E-state index in [2.05, 4.69) is 23.3 Å². The van der Waals surface area contributed by atoms with E-state index in [1.165, 1.54) is 0 Å². The highest BCUT2D eigenvalue weighted by Crippen LogP contribution is 2.22. The lowest BCUT2D eigenvalue weighted by atomic mass is 10.0. The highest BCUT2D eigenvalue weighted by atomic mass is 35.5. The molecular weight excluding hydrogens is 303 g/mol. The van der Waals surface area contributed by atoms with E-state index in [1.54, 1.807) is 6.07 Å². The van der Waals surface area contributed by atoms with Gasteiger partial charge in [-0.25, -0.2) is 0 Å². The van der Waals surface area contributed by atoms with Crippen LogP contribution in [-0.2, 0) is 12.8 Å². The van der Waals surface area contributed by atoms with Gasteiger partial charge < -0.3 is 5.32 Å². The zero-order valence-electron chi connectivity index (χ0n) is 12.2. The predicted molar refractivity (Wildman–Crippen MR) is 90.2 cm³/mol. The summed E-state index contributed by atoms with van der Waals surface area (Å²) in [5, 5.41) is 4.98. The first-order valence-electron chi connectivity index (χ1n) is 7.26. The largest absolute Gasteiger partial charge is 0.313 e. The number of pyridine rings is 1. The first-order chi connectivity index (χ1) is 10.2. The lowest BCUT2D eigenvalue weighted by Gasteiger charge is -2.19. The summed E-state index contributed by atoms with van der Waals surface area (Å²) in [4.78, 5) is 4.41. The molecule has 2 rings (SSSR count). The highest BCUT2D eigenvalue weighted by molar-refractivity contribution is 6.35. The molecule has 4 heteroatoms. The molecule has 0 amide bonds. The molecule has 0 bridgehead atoms. The minimum atomic E-state index is 0.318. The van der Waals surface area contributed by atoms with E-state index in [1.807, 2.05) is 30.5 Å². The van der Waals surface area contributed by atoms with E-state index in [-0.39, 0.29) is 0 Å². The third kappa shape index (κ3) is 5.31. The van der Waals surface area contributed by atoms with E-state index in [0.717, 1.165) is 42.1 Å². The minimum absolute atomic E-state index is 0.318. The van der Waals surface area contributed by atoms with E-state index in [0.29, 0.717) is 11.1 Å². The molecule has 0 fully saturated rings. The van der Waals surface area contributed by atoms with Crippen LogP contribution >= 0.6 is 23.2 Å². The Morgan fingerprint density at radius 3 is 2.67 bits per heavy atom. The van der Waals surface area contributed by atoms with E-state index >= 15 is 0 Å². The predicted octanol–water partition coefficient (Wildman–Crippen LogP) is 4.54. The topological polar surface area (TPSA) is 24.9 Å². The third-order valence-electron chi connectivity index (χ3n) is 3.35. The second kappa shape index (κ2) is 8.38. The second-order valence-corrected chi connectivity index (χ2v) is 5.96. The van der Waals surface area contributed by atoms with E-state index < -0.39 is 0 Å². The van der Waals surface area contributed by atoms with Crippen molar-refractivity contribution in [1.82, 2.24) is 10.3 Å². The van der Waals surface area contributed by atoms with Crippen molar-refractivity contribution in [2.75, 3.05) is 6.54 Å². The summed E-state index contributed by atoms with van der Waals surface area (Å²) in [6.45, 7) is 3.16. The number of halogens is 2. The third-order valence-corrected chi connectivity index (χ3v) is 3.93. The van der Waals surface area contributed by atoms with Crippen molar-refractivity contribution in [2.45, 2.75) is 32.2 Å². The molecule has 2 nitrogen and oxygen atoms in total. The van der Waals surface area contributed by atoms with Gasteiger partial charge in [0.05, 0.1) is 0 Å². The number of aromatic nitrogens is 1. The van der Waals surface area contributed by atoms with Gasteiger partial charge in [-0.2, -0.15) is 0 Å². The molecular formula is C17H20Cl2N2. The monoisotopic (exact) mass is 322 g/mol. The van der Waals surface area contributed by atoms with E-state index in [9.17, 15) is 0 Å². The Labute approximate surface area is 136 Å². The molecule has 0 saturated heterocycles. The molecule has 0 aliphatic rings. The Morgan fingerprint density at radius 1 is 1.14 bits per heavy atom. The van der Waals surface area contributed by atoms with Crippen LogP contribution in [0.5, 0.6) is 0 Å². The van der Waals surface area contributed by atoms with Crippen molar-refractivity contribution in [2.24, 2.45) is 0 Å². The number of rotatable bonds is 7. The molecule has 1 aromatic heterocycles. The minimum Gasteiger partial charge on any atom is -0.313 e. The van der Waals surface area contributed by atoms with Crippen LogP contribution in [0.1, 0.15) is 24.6 Å². The molecule has 1 unspecified atom stereocenters. The molecule has 1 aromatic carbocycles. The second-order valence-electron chi connectivity index (χ2n) is 5.12. The van der Waals surface area contributed by atoms with Crippen LogP contribution in [0.3, 0.4) is 0 Å². The molecule has 1 N–H and O–H groups in total. The van der Waals surface area contributed by atoms with Crippen molar-refractivity contribution in [3.05, 3.63) is 63.9 Å². The number of nitrogens with one attached hydrogen (secondary N) is 1. The number of hydrogen-bond acceptors (Lipinski definition) is 2. The molecule has 2 aromatic rings. The van der Waals surface area contributed by atoms with Crippen LogP contribution in [-0.4, -0.2) is 17.6 Å². The lowest BCUT2D eigenvalue weighted by molar-refractivity contribution is 0.500. The van der Waals surface area contributed by atoms with Crippen molar-refractivity contribution in [1.29, 1.82) is 0 Å². The summed E-state index contributed by atoms with van der Waals surface area (Å²) in [6, 6.07) is 12.0. The van der Waals surface area contributed by atoms with Gasteiger partial charge in [-0.05, 0) is 49.2 Å². The van der Waals surface area contributed by atoms with Crippen LogP contribution in [0, 0.1) is 0 Å². The molecule has 1 heterocycles. The highest BCUT2D eigenvalue weighted by Gasteiger charge is 2.13. The summed E-state index contributed by atoms with van der Waals surface area (Å²) in [7, 11) is 0. The Kier molecular flexibility index (Phi) is 6.50. The average Bonchev–Trinajstić information content (AvgIpc) is 2.48. The fraction of sp³-hybridized carbons (Fsp3) is 0.353. The SMILES string of the molecule is CCCNC(Cc1ccccn1)Cc1ccc(Cl)cc1Cl. The van der Waals surface area contributed by atoms with Crippen LogP contribution < -0.4 is 5.32 Å². The molecule has 0 aliphatic carbocycles. The first kappa shape index (κ1) is 16.3. The number of hydrogen-bond donors (Lipinski definition) is 1. The Hall–Kier alpha value is -1.09. The molecule has 21 heavy (non-hydrogen) atoms. The zero-order valence-corrected chi connectivity index (χ0v) is 13.7. The van der Waals surface area contributed by atoms with Crippen LogP contribution in [0.2, 0.25) is 10.0 Å². The van der Waals surface area contributed by atoms with Crippen molar-refractivity contribution >= 4 is 23.2 Å². The van der Waals surface area contributed by atoms with Crippen molar-refractivity contribution in [3.8, 4) is 0 Å². The molecule has 0 spiro atoms. The average molecular weight is 323 g/mol. The van der Waals surface area contributed by atoms with Gasteiger partial charge in [0.1, 0.15) is 0 Å². The van der Waals surface area contributed by atoms with E-state index in [4.69, 9.17) is 23.2 Å². The molecule has 0 saturated carbocycles. The molecule has 1 atom stereocenters. The number of nitrogens with zero attached hydrogens (tertiary/aromatic N) is 1. The quantitative estimate of drug-likeness (QED) is 0.809. The van der Waals surface area contributed by atoms with Gasteiger partial charge >= 0.3 is 0 Å². The molecule has 0 radical (unpaired) electrons. The smallest absolute Gasteiger partial charge is 0.0453 e. The van der Waals surface area contributed by atoms with Gasteiger partial charge in [-0.3, -0.25) is 4.98 Å². The Balaban J connectivity index is 2.08. The van der Waals surface area contributed by atoms with Crippen molar-refractivity contribution in [3.63, 3.8) is 0 Å². The maximum Gasteiger partial charge on any atom is 0.0453 e. The Bertz CT molecular complexity index is 558. The Morgan fingerprint density at radius 2 is 2.00 bits per heavy atom. The van der Waals surface area contributed by atoms with Crippen LogP contribution in [0.4, 0.5) is 0 Å². The normalized spacial score (nSPS) is 12.3. The van der Waals surface area contributed by atoms with Crippen LogP contribution in [0.15, 0.2) is 42.6 Å². The van der Waals surface area contributed by atoms with Gasteiger partial charge in [-0.15, -0.1) is 0 Å². The molecule has 0 aliphatic heterocycles. The molecule has 112 valence electrons. The standard InChI is InChI=1S/C17H20Cl2N2/c1-2-8-20-16(12-15-5-3-4-9-21-15)10-13-6-7-14(18)11-17(13)19/h3-7,9,11,16,20H,2,8,10,12H2,1H3.